The van der Waals surface area contributed by atoms with Gasteiger partial charge in [0.1, 0.15) is 22.5 Å². The van der Waals surface area contributed by atoms with Gasteiger partial charge in [0.05, 0.1) is 11.9 Å². The van der Waals surface area contributed by atoms with E-state index in [0.29, 0.717) is 13.1 Å². The summed E-state index contributed by atoms with van der Waals surface area (Å²) in [5, 5.41) is 8.59. The number of fused-ring (bicyclic) bond motifs is 1. The van der Waals surface area contributed by atoms with Crippen molar-refractivity contribution in [1.29, 1.82) is 0 Å². The molecule has 1 unspecified atom stereocenters. The summed E-state index contributed by atoms with van der Waals surface area (Å²) in [4.78, 5) is 28.7. The molecule has 2 aliphatic rings. The fraction of sp³-hybridized carbons (Fsp3) is 0.476. The zero-order valence-corrected chi connectivity index (χ0v) is 18.5. The van der Waals surface area contributed by atoms with E-state index < -0.39 is 0 Å². The molecule has 2 fully saturated rings. The number of aromatic nitrogens is 2. The Balaban J connectivity index is 1.57. The van der Waals surface area contributed by atoms with Gasteiger partial charge in [0.25, 0.3) is 0 Å². The van der Waals surface area contributed by atoms with Gasteiger partial charge in [0.2, 0.25) is 5.91 Å². The smallest absolute Gasteiger partial charge is 0.236 e. The summed E-state index contributed by atoms with van der Waals surface area (Å²) in [5.41, 5.74) is 6.78. The summed E-state index contributed by atoms with van der Waals surface area (Å²) >= 11 is 3.40. The van der Waals surface area contributed by atoms with Crippen molar-refractivity contribution in [2.45, 2.75) is 31.8 Å². The molecule has 5 rings (SSSR count). The molecule has 1 amide bonds. The Kier molecular flexibility index (Phi) is 5.68. The van der Waals surface area contributed by atoms with E-state index in [1.807, 2.05) is 0 Å². The molecule has 3 aromatic heterocycles. The van der Waals surface area contributed by atoms with Gasteiger partial charge >= 0.3 is 0 Å². The molecule has 3 aromatic rings. The first-order valence-corrected chi connectivity index (χ1v) is 12.3. The minimum absolute atomic E-state index is 0.317. The highest BCUT2D eigenvalue weighted by Gasteiger charge is 2.28. The molecule has 2 aliphatic heterocycles. The minimum atomic E-state index is -0.363. The van der Waals surface area contributed by atoms with E-state index in [1.54, 1.807) is 22.7 Å². The van der Waals surface area contributed by atoms with Gasteiger partial charge in [-0.1, -0.05) is 12.5 Å². The van der Waals surface area contributed by atoms with Gasteiger partial charge in [-0.3, -0.25) is 9.69 Å². The number of carbonyl (C=O) groups is 1. The van der Waals surface area contributed by atoms with Crippen LogP contribution in [-0.2, 0) is 11.3 Å². The minimum Gasteiger partial charge on any atom is -0.368 e. The molecule has 0 aliphatic carbocycles. The van der Waals surface area contributed by atoms with Crippen LogP contribution in [0.25, 0.3) is 20.7 Å². The summed E-state index contributed by atoms with van der Waals surface area (Å²) in [5.74, 6) is 1.49. The number of likely N-dealkylation sites (tertiary alicyclic amines) is 1. The van der Waals surface area contributed by atoms with Gasteiger partial charge in [-0.2, -0.15) is 0 Å². The Morgan fingerprint density at radius 2 is 2.07 bits per heavy atom. The largest absolute Gasteiger partial charge is 0.368 e. The van der Waals surface area contributed by atoms with Crippen molar-refractivity contribution in [3.05, 3.63) is 28.7 Å². The fourth-order valence-electron chi connectivity index (χ4n) is 4.33. The number of carbonyl (C=O) groups excluding carboxylic acids is 1. The molecular formula is C21H26N6OS2. The maximum atomic E-state index is 11.8. The third-order valence-electron chi connectivity index (χ3n) is 5.88. The standard InChI is InChI=1S/C21H26N6OS2/c22-19(28)15-11-27(9-6-23-15)20-18-14(16-5-4-10-29-16)13-30-21(18)25-17(24-20)12-26-7-2-1-3-8-26/h4-5,10,13,15,23H,1-3,6-9,11-12H2,(H2,22,28). The molecule has 0 saturated carbocycles. The number of rotatable bonds is 5. The molecular weight excluding hydrogens is 416 g/mol. The van der Waals surface area contributed by atoms with Crippen LogP contribution in [0.1, 0.15) is 25.1 Å². The van der Waals surface area contributed by atoms with Crippen molar-refractivity contribution in [1.82, 2.24) is 20.2 Å². The topological polar surface area (TPSA) is 87.4 Å². The molecule has 1 atom stereocenters. The van der Waals surface area contributed by atoms with Gasteiger partial charge in [0.15, 0.2) is 0 Å². The van der Waals surface area contributed by atoms with E-state index in [9.17, 15) is 4.79 Å². The van der Waals surface area contributed by atoms with Crippen LogP contribution in [0.2, 0.25) is 0 Å². The first-order chi connectivity index (χ1) is 14.7. The number of primary amides is 1. The summed E-state index contributed by atoms with van der Waals surface area (Å²) in [6.07, 6.45) is 3.80. The van der Waals surface area contributed by atoms with Crippen LogP contribution in [-0.4, -0.2) is 59.5 Å². The van der Waals surface area contributed by atoms with Crippen molar-refractivity contribution in [2.75, 3.05) is 37.6 Å². The van der Waals surface area contributed by atoms with Crippen molar-refractivity contribution in [3.63, 3.8) is 0 Å². The van der Waals surface area contributed by atoms with E-state index in [2.05, 4.69) is 38.0 Å². The summed E-state index contributed by atoms with van der Waals surface area (Å²) in [7, 11) is 0. The average molecular weight is 443 g/mol. The Hall–Kier alpha value is -2.07. The molecule has 5 heterocycles. The number of piperidine rings is 1. The molecule has 9 heteroatoms. The van der Waals surface area contributed by atoms with Crippen LogP contribution in [0, 0.1) is 0 Å². The van der Waals surface area contributed by atoms with Crippen LogP contribution < -0.4 is 16.0 Å². The van der Waals surface area contributed by atoms with Crippen molar-refractivity contribution >= 4 is 44.6 Å². The number of anilines is 1. The highest BCUT2D eigenvalue weighted by molar-refractivity contribution is 7.18. The van der Waals surface area contributed by atoms with E-state index in [4.69, 9.17) is 15.7 Å². The normalized spacial score (nSPS) is 20.7. The lowest BCUT2D eigenvalue weighted by Crippen LogP contribution is -2.56. The number of nitrogens with one attached hydrogen (secondary N) is 1. The Labute approximate surface area is 183 Å². The zero-order valence-electron chi connectivity index (χ0n) is 16.8. The van der Waals surface area contributed by atoms with Gasteiger partial charge < -0.3 is 16.0 Å². The molecule has 7 nitrogen and oxygen atoms in total. The number of nitrogens with zero attached hydrogens (tertiary/aromatic N) is 4. The average Bonchev–Trinajstić information content (AvgIpc) is 3.44. The zero-order chi connectivity index (χ0) is 20.5. The predicted molar refractivity (Wildman–Crippen MR) is 123 cm³/mol. The second kappa shape index (κ2) is 8.58. The fourth-order valence-corrected chi connectivity index (χ4v) is 6.10. The van der Waals surface area contributed by atoms with E-state index in [0.717, 1.165) is 48.0 Å². The van der Waals surface area contributed by atoms with Gasteiger partial charge in [-0.15, -0.1) is 22.7 Å². The summed E-state index contributed by atoms with van der Waals surface area (Å²) < 4.78 is 0. The van der Waals surface area contributed by atoms with Crippen molar-refractivity contribution in [3.8, 4) is 10.4 Å². The number of hydrogen-bond donors (Lipinski definition) is 2. The lowest BCUT2D eigenvalue weighted by Gasteiger charge is -2.34. The molecule has 3 N–H and O–H groups in total. The Bertz CT molecular complexity index is 1030. The second-order valence-corrected chi connectivity index (χ2v) is 9.77. The van der Waals surface area contributed by atoms with Crippen LogP contribution >= 0.6 is 22.7 Å². The quantitative estimate of drug-likeness (QED) is 0.632. The Morgan fingerprint density at radius 1 is 1.20 bits per heavy atom. The second-order valence-electron chi connectivity index (χ2n) is 7.96. The van der Waals surface area contributed by atoms with Crippen LogP contribution in [0.3, 0.4) is 0 Å². The third-order valence-corrected chi connectivity index (χ3v) is 7.65. The number of nitrogens with two attached hydrogens (primary N) is 1. The van der Waals surface area contributed by atoms with Gasteiger partial charge in [-0.25, -0.2) is 9.97 Å². The maximum absolute atomic E-state index is 11.8. The highest BCUT2D eigenvalue weighted by Crippen LogP contribution is 2.40. The van der Waals surface area contributed by atoms with Crippen LogP contribution in [0.15, 0.2) is 22.9 Å². The predicted octanol–water partition coefficient (Wildman–Crippen LogP) is 2.67. The van der Waals surface area contributed by atoms with Crippen molar-refractivity contribution < 1.29 is 4.79 Å². The molecule has 2 saturated heterocycles. The van der Waals surface area contributed by atoms with E-state index in [-0.39, 0.29) is 11.9 Å². The molecule has 0 radical (unpaired) electrons. The first-order valence-electron chi connectivity index (χ1n) is 10.5. The third kappa shape index (κ3) is 3.94. The number of piperazine rings is 1. The summed E-state index contributed by atoms with van der Waals surface area (Å²) in [6, 6.07) is 3.85. The van der Waals surface area contributed by atoms with Gasteiger partial charge in [0, 0.05) is 35.5 Å². The van der Waals surface area contributed by atoms with E-state index >= 15 is 0 Å². The lowest BCUT2D eigenvalue weighted by atomic mass is 10.1. The lowest BCUT2D eigenvalue weighted by molar-refractivity contribution is -0.120. The van der Waals surface area contributed by atoms with Crippen LogP contribution in [0.5, 0.6) is 0 Å². The SMILES string of the molecule is NC(=O)C1CN(c2nc(CN3CCCCC3)nc3scc(-c4cccs4)c23)CCN1. The highest BCUT2D eigenvalue weighted by atomic mass is 32.1. The molecule has 0 bridgehead atoms. The summed E-state index contributed by atoms with van der Waals surface area (Å²) in [6.45, 7) is 5.03. The number of hydrogen-bond acceptors (Lipinski definition) is 8. The van der Waals surface area contributed by atoms with Crippen LogP contribution in [0.4, 0.5) is 5.82 Å². The molecule has 30 heavy (non-hydrogen) atoms. The Morgan fingerprint density at radius 3 is 2.83 bits per heavy atom. The van der Waals surface area contributed by atoms with Gasteiger partial charge in [-0.05, 0) is 37.4 Å². The molecule has 0 aromatic carbocycles. The number of thiophene rings is 2. The van der Waals surface area contributed by atoms with Crippen molar-refractivity contribution in [2.24, 2.45) is 5.73 Å². The number of amides is 1. The monoisotopic (exact) mass is 442 g/mol. The van der Waals surface area contributed by atoms with E-state index in [1.165, 1.54) is 29.7 Å². The maximum Gasteiger partial charge on any atom is 0.236 e. The first kappa shape index (κ1) is 19.9. The molecule has 0 spiro atoms. The molecule has 158 valence electrons.